The minimum absolute atomic E-state index is 0.334. The fourth-order valence-corrected chi connectivity index (χ4v) is 1.61. The molecule has 0 bridgehead atoms. The third kappa shape index (κ3) is 1.89. The van der Waals surface area contributed by atoms with Gasteiger partial charge in [0.05, 0.1) is 0 Å². The fraction of sp³-hybridized carbons (Fsp3) is 0.714. The zero-order chi connectivity index (χ0) is 10.3. The Morgan fingerprint density at radius 1 is 1.54 bits per heavy atom. The summed E-state index contributed by atoms with van der Waals surface area (Å²) in [6, 6.07) is 0. The topological polar surface area (TPSA) is 69.4 Å². The van der Waals surface area contributed by atoms with E-state index in [1.54, 1.807) is 6.92 Å². The van der Waals surface area contributed by atoms with Crippen molar-refractivity contribution in [2.45, 2.75) is 17.7 Å². The number of nitrogens with two attached hydrogens (primary N) is 1. The van der Waals surface area contributed by atoms with Gasteiger partial charge in [-0.25, -0.2) is 0 Å². The molecular weight excluding hydrogens is 217 g/mol. The molecule has 1 aliphatic rings. The van der Waals surface area contributed by atoms with Gasteiger partial charge in [0.2, 0.25) is 0 Å². The van der Waals surface area contributed by atoms with Crippen LogP contribution in [-0.4, -0.2) is 22.8 Å². The molecule has 1 saturated carbocycles. The van der Waals surface area contributed by atoms with E-state index in [4.69, 9.17) is 28.9 Å². The zero-order valence-corrected chi connectivity index (χ0v) is 8.48. The third-order valence-electron chi connectivity index (χ3n) is 2.05. The summed E-state index contributed by atoms with van der Waals surface area (Å²) in [4.78, 5) is 21.5. The molecule has 1 fully saturated rings. The number of hydrogen-bond acceptors (Lipinski definition) is 3. The minimum Gasteiger partial charge on any atom is -0.455 e. The van der Waals surface area contributed by atoms with Crippen LogP contribution in [0.2, 0.25) is 0 Å². The summed E-state index contributed by atoms with van der Waals surface area (Å²) in [7, 11) is 0. The summed E-state index contributed by atoms with van der Waals surface area (Å²) in [5, 5.41) is 0. The molecule has 0 aromatic heterocycles. The van der Waals surface area contributed by atoms with Gasteiger partial charge in [-0.1, -0.05) is 0 Å². The smallest absolute Gasteiger partial charge is 0.315 e. The Labute approximate surface area is 85.3 Å². The van der Waals surface area contributed by atoms with Crippen molar-refractivity contribution >= 4 is 35.1 Å². The number of ether oxygens (including phenoxy) is 1. The van der Waals surface area contributed by atoms with Gasteiger partial charge in [-0.05, 0) is 6.92 Å². The van der Waals surface area contributed by atoms with E-state index in [9.17, 15) is 9.59 Å². The highest BCUT2D eigenvalue weighted by atomic mass is 35.5. The number of primary amides is 1. The lowest BCUT2D eigenvalue weighted by Crippen LogP contribution is -2.27. The highest BCUT2D eigenvalue weighted by Gasteiger charge is 2.69. The predicted molar refractivity (Wildman–Crippen MR) is 47.3 cm³/mol. The second-order valence-corrected chi connectivity index (χ2v) is 4.74. The molecule has 6 heteroatoms. The molecule has 1 amide bonds. The van der Waals surface area contributed by atoms with Gasteiger partial charge in [0, 0.05) is 6.42 Å². The molecule has 0 unspecified atom stereocenters. The van der Waals surface area contributed by atoms with Gasteiger partial charge in [0.25, 0.3) is 5.91 Å². The van der Waals surface area contributed by atoms with E-state index >= 15 is 0 Å². The Balaban J connectivity index is 2.47. The van der Waals surface area contributed by atoms with Crippen LogP contribution in [0.15, 0.2) is 0 Å². The van der Waals surface area contributed by atoms with E-state index in [1.165, 1.54) is 0 Å². The predicted octanol–water partition coefficient (Wildman–Crippen LogP) is 0.599. The highest BCUT2D eigenvalue weighted by molar-refractivity contribution is 6.53. The van der Waals surface area contributed by atoms with Crippen LogP contribution in [0.25, 0.3) is 0 Å². The number of esters is 1. The summed E-state index contributed by atoms with van der Waals surface area (Å²) >= 11 is 11.4. The second kappa shape index (κ2) is 3.03. The Bertz CT molecular complexity index is 266. The van der Waals surface area contributed by atoms with Crippen LogP contribution in [0.4, 0.5) is 0 Å². The Hall–Kier alpha value is -0.480. The molecule has 2 N–H and O–H groups in total. The summed E-state index contributed by atoms with van der Waals surface area (Å²) in [6.07, 6.45) is 0.334. The van der Waals surface area contributed by atoms with Crippen LogP contribution in [0, 0.1) is 5.41 Å². The number of hydrogen-bond donors (Lipinski definition) is 1. The number of halogens is 2. The molecule has 0 aromatic carbocycles. The number of rotatable bonds is 3. The number of carbonyl (C=O) groups excluding carboxylic acids is 2. The van der Waals surface area contributed by atoms with E-state index < -0.39 is 28.2 Å². The van der Waals surface area contributed by atoms with Crippen molar-refractivity contribution in [3.63, 3.8) is 0 Å². The lowest BCUT2D eigenvalue weighted by Gasteiger charge is -2.09. The summed E-state index contributed by atoms with van der Waals surface area (Å²) < 4.78 is 3.52. The van der Waals surface area contributed by atoms with Crippen molar-refractivity contribution in [1.29, 1.82) is 0 Å². The molecule has 1 atom stereocenters. The highest BCUT2D eigenvalue weighted by Crippen LogP contribution is 2.64. The van der Waals surface area contributed by atoms with E-state index in [-0.39, 0.29) is 0 Å². The Morgan fingerprint density at radius 2 is 2.00 bits per heavy atom. The zero-order valence-electron chi connectivity index (χ0n) is 6.97. The van der Waals surface area contributed by atoms with Crippen LogP contribution in [-0.2, 0) is 14.3 Å². The molecule has 1 rings (SSSR count). The van der Waals surface area contributed by atoms with Crippen molar-refractivity contribution in [2.24, 2.45) is 11.1 Å². The quantitative estimate of drug-likeness (QED) is 0.565. The van der Waals surface area contributed by atoms with Gasteiger partial charge in [0.15, 0.2) is 6.61 Å². The summed E-state index contributed by atoms with van der Waals surface area (Å²) in [5.41, 5.74) is 3.89. The van der Waals surface area contributed by atoms with E-state index in [2.05, 4.69) is 4.74 Å². The second-order valence-electron chi connectivity index (χ2n) is 3.26. The minimum atomic E-state index is -1.07. The molecule has 0 aliphatic heterocycles. The van der Waals surface area contributed by atoms with Gasteiger partial charge < -0.3 is 10.5 Å². The summed E-state index contributed by atoms with van der Waals surface area (Å²) in [5.74, 6) is -1.29. The van der Waals surface area contributed by atoms with Crippen molar-refractivity contribution in [3.8, 4) is 0 Å². The van der Waals surface area contributed by atoms with Gasteiger partial charge in [-0.15, -0.1) is 23.2 Å². The normalized spacial score (nSPS) is 29.5. The van der Waals surface area contributed by atoms with Gasteiger partial charge >= 0.3 is 5.97 Å². The lowest BCUT2D eigenvalue weighted by atomic mass is 10.1. The van der Waals surface area contributed by atoms with Crippen molar-refractivity contribution < 1.29 is 14.3 Å². The molecule has 0 heterocycles. The molecule has 1 aliphatic carbocycles. The SMILES string of the molecule is C[C@]1(C(=O)OCC(N)=O)CC1(Cl)Cl. The van der Waals surface area contributed by atoms with E-state index in [0.29, 0.717) is 6.42 Å². The average molecular weight is 226 g/mol. The molecule has 4 nitrogen and oxygen atoms in total. The average Bonchev–Trinajstić information content (AvgIpc) is 2.48. The molecule has 0 spiro atoms. The molecule has 0 radical (unpaired) electrons. The van der Waals surface area contributed by atoms with Crippen LogP contribution in [0.5, 0.6) is 0 Å². The number of alkyl halides is 2. The standard InChI is InChI=1S/C7H9Cl2NO3/c1-6(3-7(6,8)9)5(12)13-2-4(10)11/h2-3H2,1H3,(H2,10,11)/t6-/m1/s1. The van der Waals surface area contributed by atoms with Gasteiger partial charge in [-0.3, -0.25) is 9.59 Å². The molecular formula is C7H9Cl2NO3. The lowest BCUT2D eigenvalue weighted by molar-refractivity contribution is -0.152. The van der Waals surface area contributed by atoms with E-state index in [0.717, 1.165) is 0 Å². The van der Waals surface area contributed by atoms with Crippen LogP contribution in [0.1, 0.15) is 13.3 Å². The monoisotopic (exact) mass is 225 g/mol. The van der Waals surface area contributed by atoms with Crippen molar-refractivity contribution in [1.82, 2.24) is 0 Å². The van der Waals surface area contributed by atoms with Crippen LogP contribution < -0.4 is 5.73 Å². The molecule has 13 heavy (non-hydrogen) atoms. The van der Waals surface area contributed by atoms with Crippen molar-refractivity contribution in [3.05, 3.63) is 0 Å². The maximum atomic E-state index is 11.2. The third-order valence-corrected chi connectivity index (χ3v) is 3.16. The Kier molecular flexibility index (Phi) is 2.47. The maximum absolute atomic E-state index is 11.2. The number of amides is 1. The van der Waals surface area contributed by atoms with Gasteiger partial charge in [-0.2, -0.15) is 0 Å². The maximum Gasteiger partial charge on any atom is 0.315 e. The first kappa shape index (κ1) is 10.6. The first-order valence-electron chi connectivity index (χ1n) is 3.63. The number of carbonyl (C=O) groups is 2. The first-order chi connectivity index (χ1) is 5.79. The van der Waals surface area contributed by atoms with Gasteiger partial charge in [0.1, 0.15) is 9.75 Å². The fourth-order valence-electron chi connectivity index (χ4n) is 0.917. The molecule has 0 aromatic rings. The first-order valence-corrected chi connectivity index (χ1v) is 4.38. The van der Waals surface area contributed by atoms with Crippen molar-refractivity contribution in [2.75, 3.05) is 6.61 Å². The van der Waals surface area contributed by atoms with E-state index in [1.807, 2.05) is 0 Å². The molecule has 74 valence electrons. The summed E-state index contributed by atoms with van der Waals surface area (Å²) in [6.45, 7) is 1.15. The molecule has 0 saturated heterocycles. The Morgan fingerprint density at radius 3 is 2.31 bits per heavy atom. The van der Waals surface area contributed by atoms with Crippen LogP contribution >= 0.6 is 23.2 Å². The van der Waals surface area contributed by atoms with Crippen LogP contribution in [0.3, 0.4) is 0 Å². The largest absolute Gasteiger partial charge is 0.455 e.